The minimum absolute atomic E-state index is 0. The van der Waals surface area contributed by atoms with Gasteiger partial charge in [-0.3, -0.25) is 4.90 Å². The highest BCUT2D eigenvalue weighted by Crippen LogP contribution is 2.30. The Morgan fingerprint density at radius 1 is 0.804 bits per heavy atom. The van der Waals surface area contributed by atoms with Crippen LogP contribution in [0, 0.1) is 5.95 Å². The number of hydrogen-bond acceptors (Lipinski definition) is 11. The number of para-hydroxylation sites is 4. The maximum absolute atomic E-state index is 13.4. The van der Waals surface area contributed by atoms with Crippen molar-refractivity contribution in [3.8, 4) is 0 Å². The van der Waals surface area contributed by atoms with Crippen molar-refractivity contribution in [3.05, 3.63) is 78.4 Å². The van der Waals surface area contributed by atoms with Crippen molar-refractivity contribution in [2.45, 2.75) is 76.1 Å². The van der Waals surface area contributed by atoms with E-state index in [1.54, 1.807) is 4.90 Å². The molecule has 3 aliphatic rings. The van der Waals surface area contributed by atoms with E-state index in [-0.39, 0.29) is 30.5 Å². The van der Waals surface area contributed by atoms with Crippen LogP contribution in [0.1, 0.15) is 56.9 Å². The van der Waals surface area contributed by atoms with E-state index in [2.05, 4.69) is 19.9 Å². The highest BCUT2D eigenvalue weighted by Gasteiger charge is 2.35. The van der Waals surface area contributed by atoms with Crippen molar-refractivity contribution in [2.75, 3.05) is 36.0 Å². The summed E-state index contributed by atoms with van der Waals surface area (Å²) in [7, 11) is 0. The summed E-state index contributed by atoms with van der Waals surface area (Å²) < 4.78 is 30.9. The summed E-state index contributed by atoms with van der Waals surface area (Å²) >= 11 is 0. The average molecular weight is 721 g/mol. The van der Waals surface area contributed by atoms with E-state index in [0.717, 1.165) is 80.2 Å². The number of carboxylic acids is 1. The number of carbonyl (C=O) groups is 2. The molecular weight excluding hydrogens is 679 g/mol. The minimum Gasteiger partial charge on any atom is -0.480 e. The number of ether oxygens (including phenoxy) is 1. The van der Waals surface area contributed by atoms with Gasteiger partial charge in [0.1, 0.15) is 29.2 Å². The zero-order valence-electron chi connectivity index (χ0n) is 28.2. The molecule has 0 spiro atoms. The van der Waals surface area contributed by atoms with Gasteiger partial charge in [0.25, 0.3) is 12.0 Å². The zero-order valence-corrected chi connectivity index (χ0v) is 29.0. The zero-order chi connectivity index (χ0) is 34.5. The van der Waals surface area contributed by atoms with Crippen LogP contribution in [-0.4, -0.2) is 81.3 Å². The Bertz CT molecular complexity index is 1870. The molecule has 8 rings (SSSR count). The fourth-order valence-corrected chi connectivity index (χ4v) is 7.08. The molecule has 12 nitrogen and oxygen atoms in total. The second-order valence-corrected chi connectivity index (χ2v) is 13.1. The number of esters is 1. The Morgan fingerprint density at radius 3 is 2.02 bits per heavy atom. The summed E-state index contributed by atoms with van der Waals surface area (Å²) in [6, 6.07) is 18.4. The highest BCUT2D eigenvalue weighted by molar-refractivity contribution is 5.85. The molecule has 3 aliphatic heterocycles. The van der Waals surface area contributed by atoms with E-state index < -0.39 is 18.0 Å². The van der Waals surface area contributed by atoms with Gasteiger partial charge in [0.15, 0.2) is 11.2 Å². The Morgan fingerprint density at radius 2 is 1.41 bits per heavy atom. The van der Waals surface area contributed by atoms with E-state index in [4.69, 9.17) is 13.6 Å². The number of halogens is 2. The summed E-state index contributed by atoms with van der Waals surface area (Å²) in [6.45, 7) is 3.56. The molecule has 3 atom stereocenters. The van der Waals surface area contributed by atoms with Gasteiger partial charge in [-0.2, -0.15) is 14.4 Å². The first kappa shape index (κ1) is 36.1. The van der Waals surface area contributed by atoms with Gasteiger partial charge in [-0.1, -0.05) is 24.3 Å². The second kappa shape index (κ2) is 16.5. The lowest BCUT2D eigenvalue weighted by molar-refractivity contribution is -0.154. The van der Waals surface area contributed by atoms with E-state index in [0.29, 0.717) is 43.7 Å². The number of anilines is 2. The summed E-state index contributed by atoms with van der Waals surface area (Å²) in [6.07, 6.45) is 8.33. The van der Waals surface area contributed by atoms with Gasteiger partial charge >= 0.3 is 11.9 Å². The van der Waals surface area contributed by atoms with E-state index in [1.165, 1.54) is 12.3 Å². The maximum atomic E-state index is 13.4. The molecule has 5 aromatic rings. The van der Waals surface area contributed by atoms with Gasteiger partial charge in [-0.25, -0.2) is 14.6 Å². The molecule has 14 heteroatoms. The number of rotatable bonds is 7. The SMILES string of the molecule is Cl.O=C(O)[C@@H]1CCCCN1c1nc2ccccc2o1.O=C(O[C@H]1CCCN(Cc2ccnc(F)c2)C1)[C@@H]1CCCCN1c1nc2ccccc2o1. The van der Waals surface area contributed by atoms with Gasteiger partial charge in [-0.15, -0.1) is 12.4 Å². The largest absolute Gasteiger partial charge is 0.480 e. The van der Waals surface area contributed by atoms with Crippen LogP contribution in [0.4, 0.5) is 16.4 Å². The number of oxazole rings is 2. The number of nitrogens with zero attached hydrogens (tertiary/aromatic N) is 6. The summed E-state index contributed by atoms with van der Waals surface area (Å²) in [5, 5.41) is 9.23. The van der Waals surface area contributed by atoms with Crippen LogP contribution in [0.15, 0.2) is 75.7 Å². The Kier molecular flexibility index (Phi) is 11.7. The van der Waals surface area contributed by atoms with Crippen LogP contribution >= 0.6 is 12.4 Å². The van der Waals surface area contributed by atoms with Crippen molar-refractivity contribution in [1.82, 2.24) is 19.9 Å². The lowest BCUT2D eigenvalue weighted by Crippen LogP contribution is -2.48. The molecule has 3 aromatic heterocycles. The molecule has 2 aromatic carbocycles. The Balaban J connectivity index is 0.000000200. The molecule has 1 N–H and O–H groups in total. The highest BCUT2D eigenvalue weighted by atomic mass is 35.5. The van der Waals surface area contributed by atoms with Crippen LogP contribution < -0.4 is 9.80 Å². The van der Waals surface area contributed by atoms with E-state index in [9.17, 15) is 19.1 Å². The molecule has 0 radical (unpaired) electrons. The van der Waals surface area contributed by atoms with Crippen molar-refractivity contribution in [1.29, 1.82) is 0 Å². The Labute approximate surface area is 301 Å². The quantitative estimate of drug-likeness (QED) is 0.143. The number of carbonyl (C=O) groups excluding carboxylic acids is 1. The smallest absolute Gasteiger partial charge is 0.329 e. The van der Waals surface area contributed by atoms with Gasteiger partial charge in [0.05, 0.1) is 0 Å². The first-order chi connectivity index (χ1) is 24.4. The van der Waals surface area contributed by atoms with Crippen LogP contribution in [0.25, 0.3) is 22.2 Å². The van der Waals surface area contributed by atoms with Crippen molar-refractivity contribution < 1.29 is 32.7 Å². The number of aliphatic carboxylic acids is 1. The lowest BCUT2D eigenvalue weighted by Gasteiger charge is -2.36. The minimum atomic E-state index is -0.808. The topological polar surface area (TPSA) is 138 Å². The number of benzene rings is 2. The standard InChI is InChI=1S/C24H27FN4O3.C13H14N2O3.ClH/c25-22-14-17(10-11-26-22)15-28-12-5-6-18(16-28)31-23(30)20-8-3-4-13-29(20)24-27-19-7-1-2-9-21(19)32-24;16-12(17)10-6-3-4-8-15(10)13-14-9-5-1-2-7-11(9)18-13;/h1-2,7,9-11,14,18,20H,3-6,8,12-13,15-16H2;1-2,5,7,10H,3-4,6,8H2,(H,16,17);1H/t18-,20-;10-;/m00./s1. The second-order valence-electron chi connectivity index (χ2n) is 13.1. The fourth-order valence-electron chi connectivity index (χ4n) is 7.08. The monoisotopic (exact) mass is 720 g/mol. The van der Waals surface area contributed by atoms with Crippen LogP contribution in [-0.2, 0) is 20.9 Å². The van der Waals surface area contributed by atoms with Crippen molar-refractivity contribution in [2.24, 2.45) is 0 Å². The number of likely N-dealkylation sites (tertiary alicyclic amines) is 1. The van der Waals surface area contributed by atoms with Crippen LogP contribution in [0.3, 0.4) is 0 Å². The third kappa shape index (κ3) is 8.59. The predicted octanol–water partition coefficient (Wildman–Crippen LogP) is 6.62. The molecule has 51 heavy (non-hydrogen) atoms. The van der Waals surface area contributed by atoms with Gasteiger partial charge < -0.3 is 28.5 Å². The number of pyridine rings is 1. The number of carboxylic acid groups (broad SMARTS) is 1. The molecule has 0 aliphatic carbocycles. The normalized spacial score (nSPS) is 21.1. The fraction of sp³-hybridized carbons (Fsp3) is 0.432. The maximum Gasteiger partial charge on any atom is 0.329 e. The average Bonchev–Trinajstić information content (AvgIpc) is 3.77. The number of fused-ring (bicyclic) bond motifs is 2. The molecule has 3 fully saturated rings. The van der Waals surface area contributed by atoms with Crippen molar-refractivity contribution >= 4 is 58.6 Å². The lowest BCUT2D eigenvalue weighted by atomic mass is 10.0. The van der Waals surface area contributed by atoms with Crippen molar-refractivity contribution in [3.63, 3.8) is 0 Å². The molecule has 0 unspecified atom stereocenters. The molecule has 270 valence electrons. The summed E-state index contributed by atoms with van der Waals surface area (Å²) in [5.41, 5.74) is 3.84. The third-order valence-corrected chi connectivity index (χ3v) is 9.56. The number of piperidine rings is 3. The van der Waals surface area contributed by atoms with Gasteiger partial charge in [-0.05, 0) is 99.9 Å². The molecule has 0 saturated carbocycles. The summed E-state index contributed by atoms with van der Waals surface area (Å²) in [4.78, 5) is 42.9. The molecule has 6 heterocycles. The molecule has 3 saturated heterocycles. The number of hydrogen-bond donors (Lipinski definition) is 1. The molecule has 0 bridgehead atoms. The predicted molar refractivity (Wildman–Crippen MR) is 191 cm³/mol. The number of aromatic nitrogens is 3. The van der Waals surface area contributed by atoms with Crippen LogP contribution in [0.5, 0.6) is 0 Å². The Hall–Kier alpha value is -4.75. The van der Waals surface area contributed by atoms with Crippen LogP contribution in [0.2, 0.25) is 0 Å². The third-order valence-electron chi connectivity index (χ3n) is 9.56. The molecular formula is C37H42ClFN6O6. The van der Waals surface area contributed by atoms with Gasteiger partial charge in [0, 0.05) is 32.4 Å². The van der Waals surface area contributed by atoms with E-state index >= 15 is 0 Å². The van der Waals surface area contributed by atoms with Gasteiger partial charge in [0.2, 0.25) is 5.95 Å². The molecule has 0 amide bonds. The van der Waals surface area contributed by atoms with E-state index in [1.807, 2.05) is 59.5 Å². The first-order valence-corrected chi connectivity index (χ1v) is 17.4. The summed E-state index contributed by atoms with van der Waals surface area (Å²) in [5.74, 6) is -1.50. The first-order valence-electron chi connectivity index (χ1n) is 17.4.